The SMILES string of the molecule is O=Cc1cccc2c1c1c(OCC(=O)O)cccc1n2Cc1cccc(I)c1. The highest BCUT2D eigenvalue weighted by Gasteiger charge is 2.18. The molecule has 3 aromatic carbocycles. The van der Waals surface area contributed by atoms with Crippen molar-refractivity contribution in [3.63, 3.8) is 0 Å². The normalized spacial score (nSPS) is 11.0. The first-order chi connectivity index (χ1) is 13.6. The zero-order valence-corrected chi connectivity index (χ0v) is 16.9. The summed E-state index contributed by atoms with van der Waals surface area (Å²) in [5, 5.41) is 10.5. The molecule has 0 aliphatic carbocycles. The third-order valence-electron chi connectivity index (χ3n) is 4.62. The average molecular weight is 485 g/mol. The van der Waals surface area contributed by atoms with Gasteiger partial charge in [-0.1, -0.05) is 30.3 Å². The summed E-state index contributed by atoms with van der Waals surface area (Å²) in [6.07, 6.45) is 0.825. The molecule has 4 rings (SSSR count). The van der Waals surface area contributed by atoms with Crippen LogP contribution >= 0.6 is 22.6 Å². The number of fused-ring (bicyclic) bond motifs is 3. The molecular weight excluding hydrogens is 469 g/mol. The van der Waals surface area contributed by atoms with Crippen molar-refractivity contribution in [2.45, 2.75) is 6.54 Å². The van der Waals surface area contributed by atoms with E-state index in [2.05, 4.69) is 39.3 Å². The van der Waals surface area contributed by atoms with Crippen molar-refractivity contribution in [1.29, 1.82) is 0 Å². The topological polar surface area (TPSA) is 68.5 Å². The number of ether oxygens (including phenoxy) is 1. The van der Waals surface area contributed by atoms with Crippen molar-refractivity contribution < 1.29 is 19.4 Å². The average Bonchev–Trinajstić information content (AvgIpc) is 3.01. The van der Waals surface area contributed by atoms with Crippen molar-refractivity contribution in [1.82, 2.24) is 4.57 Å². The summed E-state index contributed by atoms with van der Waals surface area (Å²) in [7, 11) is 0. The molecule has 0 atom stereocenters. The molecular formula is C22H16INO4. The van der Waals surface area contributed by atoms with Gasteiger partial charge in [-0.2, -0.15) is 0 Å². The lowest BCUT2D eigenvalue weighted by atomic mass is 10.1. The predicted octanol–water partition coefficient (Wildman–Crippen LogP) is 4.72. The number of carbonyl (C=O) groups is 2. The van der Waals surface area contributed by atoms with Gasteiger partial charge in [0.05, 0.1) is 16.4 Å². The van der Waals surface area contributed by atoms with Crippen molar-refractivity contribution in [3.8, 4) is 5.75 Å². The fourth-order valence-electron chi connectivity index (χ4n) is 3.53. The zero-order chi connectivity index (χ0) is 19.7. The first kappa shape index (κ1) is 18.5. The number of benzene rings is 3. The molecule has 4 aromatic rings. The second-order valence-corrected chi connectivity index (χ2v) is 7.65. The Labute approximate surface area is 174 Å². The molecule has 0 unspecified atom stereocenters. The van der Waals surface area contributed by atoms with Gasteiger partial charge in [-0.3, -0.25) is 4.79 Å². The zero-order valence-electron chi connectivity index (χ0n) is 14.8. The van der Waals surface area contributed by atoms with E-state index in [0.717, 1.165) is 37.2 Å². The number of carboxylic acids is 1. The lowest BCUT2D eigenvalue weighted by molar-refractivity contribution is -0.139. The highest BCUT2D eigenvalue weighted by molar-refractivity contribution is 14.1. The number of hydrogen-bond donors (Lipinski definition) is 1. The molecule has 0 saturated carbocycles. The summed E-state index contributed by atoms with van der Waals surface area (Å²) in [6.45, 7) is 0.188. The Morgan fingerprint density at radius 1 is 1.04 bits per heavy atom. The number of aromatic nitrogens is 1. The molecule has 0 amide bonds. The molecule has 140 valence electrons. The molecule has 6 heteroatoms. The van der Waals surface area contributed by atoms with E-state index in [1.165, 1.54) is 0 Å². The van der Waals surface area contributed by atoms with Crippen LogP contribution in [-0.2, 0) is 11.3 Å². The summed E-state index contributed by atoms with van der Waals surface area (Å²) < 4.78 is 8.82. The fraction of sp³-hybridized carbons (Fsp3) is 0.0909. The molecule has 1 aromatic heterocycles. The predicted molar refractivity (Wildman–Crippen MR) is 116 cm³/mol. The second kappa shape index (κ2) is 7.63. The van der Waals surface area contributed by atoms with Gasteiger partial charge >= 0.3 is 5.97 Å². The van der Waals surface area contributed by atoms with Crippen LogP contribution in [-0.4, -0.2) is 28.5 Å². The third-order valence-corrected chi connectivity index (χ3v) is 5.29. The Morgan fingerprint density at radius 2 is 1.75 bits per heavy atom. The lowest BCUT2D eigenvalue weighted by Crippen LogP contribution is -2.09. The van der Waals surface area contributed by atoms with E-state index in [-0.39, 0.29) is 0 Å². The molecule has 0 radical (unpaired) electrons. The van der Waals surface area contributed by atoms with Crippen LogP contribution in [0, 0.1) is 3.57 Å². The molecule has 0 aliphatic rings. The maximum atomic E-state index is 11.7. The van der Waals surface area contributed by atoms with E-state index in [9.17, 15) is 9.59 Å². The van der Waals surface area contributed by atoms with Gasteiger partial charge in [-0.15, -0.1) is 0 Å². The molecule has 0 fully saturated rings. The maximum absolute atomic E-state index is 11.7. The van der Waals surface area contributed by atoms with Gasteiger partial charge in [-0.05, 0) is 58.5 Å². The highest BCUT2D eigenvalue weighted by Crippen LogP contribution is 2.37. The Kier molecular flexibility index (Phi) is 5.04. The number of aliphatic carboxylic acids is 1. The summed E-state index contributed by atoms with van der Waals surface area (Å²) in [5.74, 6) is -0.587. The minimum Gasteiger partial charge on any atom is -0.481 e. The number of aldehydes is 1. The van der Waals surface area contributed by atoms with E-state index in [1.807, 2.05) is 36.4 Å². The van der Waals surface area contributed by atoms with Gasteiger partial charge in [-0.25, -0.2) is 4.79 Å². The molecule has 28 heavy (non-hydrogen) atoms. The Balaban J connectivity index is 1.99. The number of rotatable bonds is 6. The van der Waals surface area contributed by atoms with Crippen LogP contribution in [0.25, 0.3) is 21.8 Å². The molecule has 0 saturated heterocycles. The number of carboxylic acid groups (broad SMARTS) is 1. The molecule has 0 bridgehead atoms. The maximum Gasteiger partial charge on any atom is 0.341 e. The quantitative estimate of drug-likeness (QED) is 0.317. The first-order valence-corrected chi connectivity index (χ1v) is 9.74. The molecule has 0 spiro atoms. The highest BCUT2D eigenvalue weighted by atomic mass is 127. The van der Waals surface area contributed by atoms with Crippen LogP contribution in [0.3, 0.4) is 0 Å². The van der Waals surface area contributed by atoms with Crippen LogP contribution < -0.4 is 4.74 Å². The number of halogens is 1. The number of carbonyl (C=O) groups excluding carboxylic acids is 1. The molecule has 1 N–H and O–H groups in total. The van der Waals surface area contributed by atoms with Crippen LogP contribution in [0.4, 0.5) is 0 Å². The van der Waals surface area contributed by atoms with Gasteiger partial charge in [0.25, 0.3) is 0 Å². The van der Waals surface area contributed by atoms with Gasteiger partial charge in [0.1, 0.15) is 5.75 Å². The van der Waals surface area contributed by atoms with Crippen molar-refractivity contribution in [3.05, 3.63) is 75.4 Å². The standard InChI is InChI=1S/C22H16INO4/c23-16-6-1-4-14(10-16)11-24-17-7-2-5-15(12-25)21(17)22-18(24)8-3-9-19(22)28-13-20(26)27/h1-10,12H,11,13H2,(H,26,27). The third kappa shape index (κ3) is 3.35. The van der Waals surface area contributed by atoms with Gasteiger partial charge < -0.3 is 14.4 Å². The smallest absolute Gasteiger partial charge is 0.341 e. The van der Waals surface area contributed by atoms with Crippen molar-refractivity contribution >= 4 is 56.7 Å². The van der Waals surface area contributed by atoms with Gasteiger partial charge in [0.15, 0.2) is 12.9 Å². The van der Waals surface area contributed by atoms with Crippen LogP contribution in [0.2, 0.25) is 0 Å². The van der Waals surface area contributed by atoms with Crippen LogP contribution in [0.15, 0.2) is 60.7 Å². The summed E-state index contributed by atoms with van der Waals surface area (Å²) in [6, 6.07) is 19.4. The summed E-state index contributed by atoms with van der Waals surface area (Å²) in [4.78, 5) is 22.7. The minimum atomic E-state index is -1.05. The van der Waals surface area contributed by atoms with E-state index in [1.54, 1.807) is 12.1 Å². The summed E-state index contributed by atoms with van der Waals surface area (Å²) >= 11 is 2.29. The van der Waals surface area contributed by atoms with E-state index < -0.39 is 12.6 Å². The fourth-order valence-corrected chi connectivity index (χ4v) is 4.13. The van der Waals surface area contributed by atoms with Gasteiger partial charge in [0, 0.05) is 21.1 Å². The lowest BCUT2D eigenvalue weighted by Gasteiger charge is -2.09. The molecule has 1 heterocycles. The Bertz CT molecular complexity index is 1210. The van der Waals surface area contributed by atoms with E-state index >= 15 is 0 Å². The van der Waals surface area contributed by atoms with E-state index in [4.69, 9.17) is 9.84 Å². The Morgan fingerprint density at radius 3 is 2.46 bits per heavy atom. The van der Waals surface area contributed by atoms with E-state index in [0.29, 0.717) is 17.9 Å². The Hall–Kier alpha value is -2.87. The monoisotopic (exact) mass is 485 g/mol. The van der Waals surface area contributed by atoms with Crippen molar-refractivity contribution in [2.75, 3.05) is 6.61 Å². The molecule has 0 aliphatic heterocycles. The molecule has 5 nitrogen and oxygen atoms in total. The second-order valence-electron chi connectivity index (χ2n) is 6.41. The van der Waals surface area contributed by atoms with Gasteiger partial charge in [0.2, 0.25) is 0 Å². The van der Waals surface area contributed by atoms with Crippen LogP contribution in [0.5, 0.6) is 5.75 Å². The van der Waals surface area contributed by atoms with Crippen molar-refractivity contribution in [2.24, 2.45) is 0 Å². The number of nitrogens with zero attached hydrogens (tertiary/aromatic N) is 1. The number of hydrogen-bond acceptors (Lipinski definition) is 3. The van der Waals surface area contributed by atoms with Crippen LogP contribution in [0.1, 0.15) is 15.9 Å². The largest absolute Gasteiger partial charge is 0.481 e. The minimum absolute atomic E-state index is 0.439. The summed E-state index contributed by atoms with van der Waals surface area (Å²) in [5.41, 5.74) is 3.49. The first-order valence-electron chi connectivity index (χ1n) is 8.66.